The fourth-order valence-electron chi connectivity index (χ4n) is 5.35. The van der Waals surface area contributed by atoms with Crippen molar-refractivity contribution in [3.8, 4) is 0 Å². The molecule has 9 nitrogen and oxygen atoms in total. The number of carbonyl (C=O) groups is 2. The molecular formula is C45H78NO8P. The maximum atomic E-state index is 12.6. The molecule has 0 aliphatic heterocycles. The predicted octanol–water partition coefficient (Wildman–Crippen LogP) is 12.3. The van der Waals surface area contributed by atoms with Crippen LogP contribution in [0.2, 0.25) is 0 Å². The maximum Gasteiger partial charge on any atom is 0.472 e. The molecule has 0 rings (SSSR count). The molecule has 2 atom stereocenters. The second-order valence-electron chi connectivity index (χ2n) is 13.8. The van der Waals surface area contributed by atoms with Gasteiger partial charge in [-0.15, -0.1) is 0 Å². The predicted molar refractivity (Wildman–Crippen MR) is 229 cm³/mol. The molecule has 0 aromatic heterocycles. The summed E-state index contributed by atoms with van der Waals surface area (Å²) in [5.74, 6) is -0.885. The van der Waals surface area contributed by atoms with Crippen LogP contribution in [0.4, 0.5) is 0 Å². The summed E-state index contributed by atoms with van der Waals surface area (Å²) in [5, 5.41) is 0. The smallest absolute Gasteiger partial charge is 0.462 e. The van der Waals surface area contributed by atoms with E-state index in [1.165, 1.54) is 51.4 Å². The lowest BCUT2D eigenvalue weighted by molar-refractivity contribution is -0.161. The van der Waals surface area contributed by atoms with E-state index in [2.05, 4.69) is 86.8 Å². The zero-order valence-electron chi connectivity index (χ0n) is 34.6. The van der Waals surface area contributed by atoms with Gasteiger partial charge in [0, 0.05) is 19.4 Å². The van der Waals surface area contributed by atoms with Crippen LogP contribution in [0.15, 0.2) is 72.9 Å². The molecular weight excluding hydrogens is 713 g/mol. The number of phosphoric acid groups is 1. The summed E-state index contributed by atoms with van der Waals surface area (Å²) in [6, 6.07) is 0. The first-order chi connectivity index (χ1) is 26.8. The van der Waals surface area contributed by atoms with E-state index in [1.54, 1.807) is 0 Å². The minimum atomic E-state index is -4.39. The molecule has 316 valence electrons. The van der Waals surface area contributed by atoms with Gasteiger partial charge in [0.05, 0.1) is 13.2 Å². The fraction of sp³-hybridized carbons (Fsp3) is 0.689. The summed E-state index contributed by atoms with van der Waals surface area (Å²) in [4.78, 5) is 34.8. The van der Waals surface area contributed by atoms with Gasteiger partial charge in [-0.1, -0.05) is 138 Å². The van der Waals surface area contributed by atoms with Crippen molar-refractivity contribution in [1.82, 2.24) is 0 Å². The molecule has 0 aromatic carbocycles. The van der Waals surface area contributed by atoms with Crippen LogP contribution in [0.5, 0.6) is 0 Å². The van der Waals surface area contributed by atoms with Crippen LogP contribution in [0, 0.1) is 0 Å². The molecule has 0 heterocycles. The Morgan fingerprint density at radius 2 is 0.945 bits per heavy atom. The molecule has 0 aliphatic rings. The molecule has 0 aromatic rings. The number of hydrogen-bond donors (Lipinski definition) is 2. The van der Waals surface area contributed by atoms with Gasteiger partial charge in [0.15, 0.2) is 6.10 Å². The minimum Gasteiger partial charge on any atom is -0.462 e. The van der Waals surface area contributed by atoms with E-state index in [0.717, 1.165) is 77.0 Å². The summed E-state index contributed by atoms with van der Waals surface area (Å²) in [5.41, 5.74) is 5.34. The monoisotopic (exact) mass is 792 g/mol. The van der Waals surface area contributed by atoms with E-state index in [1.807, 2.05) is 0 Å². The van der Waals surface area contributed by atoms with Gasteiger partial charge in [-0.2, -0.15) is 0 Å². The first-order valence-corrected chi connectivity index (χ1v) is 22.9. The Hall–Kier alpha value is -2.55. The molecule has 0 aliphatic carbocycles. The Morgan fingerprint density at radius 1 is 0.545 bits per heavy atom. The summed E-state index contributed by atoms with van der Waals surface area (Å²) in [6.07, 6.45) is 49.2. The quantitative estimate of drug-likeness (QED) is 0.0270. The molecule has 0 fully saturated rings. The van der Waals surface area contributed by atoms with E-state index in [9.17, 15) is 19.0 Å². The van der Waals surface area contributed by atoms with Crippen LogP contribution in [0.3, 0.4) is 0 Å². The number of nitrogens with two attached hydrogens (primary N) is 1. The van der Waals surface area contributed by atoms with E-state index < -0.39 is 32.5 Å². The van der Waals surface area contributed by atoms with Crippen molar-refractivity contribution >= 4 is 19.8 Å². The van der Waals surface area contributed by atoms with Crippen molar-refractivity contribution in [1.29, 1.82) is 0 Å². The average Bonchev–Trinajstić information content (AvgIpc) is 3.17. The minimum absolute atomic E-state index is 0.0425. The van der Waals surface area contributed by atoms with Crippen molar-refractivity contribution in [2.45, 2.75) is 174 Å². The van der Waals surface area contributed by atoms with Gasteiger partial charge in [-0.05, 0) is 89.9 Å². The lowest BCUT2D eigenvalue weighted by Gasteiger charge is -2.19. The van der Waals surface area contributed by atoms with E-state index in [0.29, 0.717) is 12.8 Å². The van der Waals surface area contributed by atoms with Crippen molar-refractivity contribution in [2.24, 2.45) is 5.73 Å². The number of rotatable bonds is 39. The molecule has 0 radical (unpaired) electrons. The van der Waals surface area contributed by atoms with E-state index >= 15 is 0 Å². The van der Waals surface area contributed by atoms with Gasteiger partial charge < -0.3 is 20.1 Å². The van der Waals surface area contributed by atoms with Gasteiger partial charge in [-0.25, -0.2) is 4.57 Å². The van der Waals surface area contributed by atoms with Crippen LogP contribution in [0.25, 0.3) is 0 Å². The first kappa shape index (κ1) is 52.5. The Bertz CT molecular complexity index is 1130. The number of unbranched alkanes of at least 4 members (excludes halogenated alkanes) is 14. The normalized spacial score (nSPS) is 14.0. The highest BCUT2D eigenvalue weighted by Crippen LogP contribution is 2.43. The van der Waals surface area contributed by atoms with Crippen molar-refractivity contribution < 1.29 is 37.6 Å². The Morgan fingerprint density at radius 3 is 1.38 bits per heavy atom. The number of phosphoric ester groups is 1. The second-order valence-corrected chi connectivity index (χ2v) is 15.3. The molecule has 0 spiro atoms. The summed E-state index contributed by atoms with van der Waals surface area (Å²) < 4.78 is 32.7. The molecule has 2 unspecified atom stereocenters. The number of ether oxygens (including phenoxy) is 2. The van der Waals surface area contributed by atoms with Crippen LogP contribution >= 0.6 is 7.82 Å². The molecule has 10 heteroatoms. The lowest BCUT2D eigenvalue weighted by Crippen LogP contribution is -2.29. The zero-order chi connectivity index (χ0) is 40.3. The zero-order valence-corrected chi connectivity index (χ0v) is 35.5. The van der Waals surface area contributed by atoms with E-state index in [4.69, 9.17) is 24.3 Å². The molecule has 0 amide bonds. The largest absolute Gasteiger partial charge is 0.472 e. The fourth-order valence-corrected chi connectivity index (χ4v) is 6.12. The standard InChI is InChI=1S/C45H78NO8P/c1-3-5-7-9-11-13-15-17-19-21-23-25-27-29-31-33-35-37-44(47)51-41-43(42-53-55(49,50)52-40-39-46)54-45(48)38-36-34-32-30-28-26-24-22-20-18-16-14-12-10-8-6-4-2/h11-14,17-20,23-26,43H,3-10,15-16,21-22,27-42,46H2,1-2H3,(H,49,50). The Balaban J connectivity index is 4.27. The highest BCUT2D eigenvalue weighted by atomic mass is 31.2. The maximum absolute atomic E-state index is 12.6. The second kappa shape index (κ2) is 41.1. The molecule has 55 heavy (non-hydrogen) atoms. The third kappa shape index (κ3) is 40.9. The topological polar surface area (TPSA) is 134 Å². The highest BCUT2D eigenvalue weighted by Gasteiger charge is 2.25. The van der Waals surface area contributed by atoms with Gasteiger partial charge in [0.2, 0.25) is 0 Å². The number of allylic oxidation sites excluding steroid dienone is 12. The number of esters is 2. The van der Waals surface area contributed by atoms with Crippen molar-refractivity contribution in [3.05, 3.63) is 72.9 Å². The molecule has 0 saturated heterocycles. The van der Waals surface area contributed by atoms with Gasteiger partial charge >= 0.3 is 19.8 Å². The van der Waals surface area contributed by atoms with Gasteiger partial charge in [0.1, 0.15) is 6.61 Å². The van der Waals surface area contributed by atoms with E-state index in [-0.39, 0.29) is 32.6 Å². The average molecular weight is 792 g/mol. The molecule has 3 N–H and O–H groups in total. The van der Waals surface area contributed by atoms with Gasteiger partial charge in [-0.3, -0.25) is 18.6 Å². The number of carbonyl (C=O) groups excluding carboxylic acids is 2. The highest BCUT2D eigenvalue weighted by molar-refractivity contribution is 7.47. The van der Waals surface area contributed by atoms with Crippen molar-refractivity contribution in [3.63, 3.8) is 0 Å². The first-order valence-electron chi connectivity index (χ1n) is 21.4. The number of hydrogen-bond acceptors (Lipinski definition) is 8. The van der Waals surface area contributed by atoms with Crippen LogP contribution < -0.4 is 5.73 Å². The third-order valence-electron chi connectivity index (χ3n) is 8.56. The molecule has 0 saturated carbocycles. The summed E-state index contributed by atoms with van der Waals surface area (Å²) in [7, 11) is -4.39. The lowest BCUT2D eigenvalue weighted by atomic mass is 10.1. The van der Waals surface area contributed by atoms with Crippen molar-refractivity contribution in [2.75, 3.05) is 26.4 Å². The third-order valence-corrected chi connectivity index (χ3v) is 9.55. The summed E-state index contributed by atoms with van der Waals surface area (Å²) in [6.45, 7) is 3.61. The summed E-state index contributed by atoms with van der Waals surface area (Å²) >= 11 is 0. The SMILES string of the molecule is CCCCCC=CCC=CCC=CCCCCCCC(=O)OCC(COP(=O)(O)OCCN)OC(=O)CCCCCCC=CCC=CCC=CCCCCC. The van der Waals surface area contributed by atoms with Crippen LogP contribution in [0.1, 0.15) is 168 Å². The molecule has 0 bridgehead atoms. The Labute approximate surface area is 335 Å². The van der Waals surface area contributed by atoms with Crippen LogP contribution in [-0.4, -0.2) is 49.3 Å². The Kier molecular flexibility index (Phi) is 39.2. The van der Waals surface area contributed by atoms with Gasteiger partial charge in [0.25, 0.3) is 0 Å². The van der Waals surface area contributed by atoms with Crippen LogP contribution in [-0.2, 0) is 32.7 Å².